The standard InChI is InChI=1S/C11H14O4/c1-2-14-10-6-4-3-5-9(10)11(13)15-8-7-12/h3-6,12H,2,7-8H2,1H3. The summed E-state index contributed by atoms with van der Waals surface area (Å²) in [6, 6.07) is 6.86. The van der Waals surface area contributed by atoms with E-state index >= 15 is 0 Å². The zero-order valence-electron chi connectivity index (χ0n) is 8.60. The minimum absolute atomic E-state index is 0.000702. The molecule has 0 aliphatic rings. The molecule has 1 aromatic carbocycles. The zero-order chi connectivity index (χ0) is 11.1. The summed E-state index contributed by atoms with van der Waals surface area (Å²) in [7, 11) is 0. The van der Waals surface area contributed by atoms with Gasteiger partial charge in [0.1, 0.15) is 17.9 Å². The average molecular weight is 210 g/mol. The Morgan fingerprint density at radius 2 is 2.13 bits per heavy atom. The molecule has 0 fully saturated rings. The molecule has 0 aliphatic heterocycles. The number of para-hydroxylation sites is 1. The molecule has 0 spiro atoms. The van der Waals surface area contributed by atoms with E-state index in [1.54, 1.807) is 24.3 Å². The fourth-order valence-corrected chi connectivity index (χ4v) is 1.13. The Labute approximate surface area is 88.4 Å². The van der Waals surface area contributed by atoms with Crippen LogP contribution in [0.4, 0.5) is 0 Å². The van der Waals surface area contributed by atoms with Gasteiger partial charge >= 0.3 is 5.97 Å². The lowest BCUT2D eigenvalue weighted by Crippen LogP contribution is -2.10. The van der Waals surface area contributed by atoms with Crippen LogP contribution in [0.15, 0.2) is 24.3 Å². The van der Waals surface area contributed by atoms with Crippen LogP contribution in [-0.4, -0.2) is 30.9 Å². The number of hydrogen-bond acceptors (Lipinski definition) is 4. The Hall–Kier alpha value is -1.55. The Balaban J connectivity index is 2.77. The van der Waals surface area contributed by atoms with E-state index < -0.39 is 5.97 Å². The average Bonchev–Trinajstić information content (AvgIpc) is 2.27. The maximum atomic E-state index is 11.5. The lowest BCUT2D eigenvalue weighted by atomic mass is 10.2. The van der Waals surface area contributed by atoms with Crippen molar-refractivity contribution in [1.29, 1.82) is 0 Å². The zero-order valence-corrected chi connectivity index (χ0v) is 8.60. The van der Waals surface area contributed by atoms with E-state index in [9.17, 15) is 4.79 Å². The van der Waals surface area contributed by atoms with Crippen molar-refractivity contribution in [2.75, 3.05) is 19.8 Å². The van der Waals surface area contributed by atoms with Gasteiger partial charge in [-0.3, -0.25) is 0 Å². The first kappa shape index (κ1) is 11.5. The summed E-state index contributed by atoms with van der Waals surface area (Å²) in [6.07, 6.45) is 0. The molecule has 1 N–H and O–H groups in total. The normalized spacial score (nSPS) is 9.73. The van der Waals surface area contributed by atoms with Crippen molar-refractivity contribution >= 4 is 5.97 Å². The molecule has 0 saturated heterocycles. The van der Waals surface area contributed by atoms with Gasteiger partial charge in [0.25, 0.3) is 0 Å². The van der Waals surface area contributed by atoms with Crippen LogP contribution in [0, 0.1) is 0 Å². The minimum atomic E-state index is -0.479. The van der Waals surface area contributed by atoms with Gasteiger partial charge in [0, 0.05) is 0 Å². The van der Waals surface area contributed by atoms with Crippen LogP contribution >= 0.6 is 0 Å². The summed E-state index contributed by atoms with van der Waals surface area (Å²) in [6.45, 7) is 2.15. The lowest BCUT2D eigenvalue weighted by molar-refractivity contribution is 0.0429. The van der Waals surface area contributed by atoms with E-state index in [-0.39, 0.29) is 13.2 Å². The van der Waals surface area contributed by atoms with E-state index in [2.05, 4.69) is 0 Å². The molecule has 1 rings (SSSR count). The van der Waals surface area contributed by atoms with Gasteiger partial charge < -0.3 is 14.6 Å². The smallest absolute Gasteiger partial charge is 0.342 e. The van der Waals surface area contributed by atoms with Crippen LogP contribution < -0.4 is 4.74 Å². The quantitative estimate of drug-likeness (QED) is 0.743. The van der Waals surface area contributed by atoms with E-state index in [0.717, 1.165) is 0 Å². The molecular formula is C11H14O4. The number of carbonyl (C=O) groups is 1. The molecule has 0 saturated carbocycles. The van der Waals surface area contributed by atoms with Crippen LogP contribution in [0.5, 0.6) is 5.75 Å². The molecule has 82 valence electrons. The third-order valence-corrected chi connectivity index (χ3v) is 1.73. The maximum Gasteiger partial charge on any atom is 0.342 e. The summed E-state index contributed by atoms with van der Waals surface area (Å²) >= 11 is 0. The third-order valence-electron chi connectivity index (χ3n) is 1.73. The predicted octanol–water partition coefficient (Wildman–Crippen LogP) is 1.23. The van der Waals surface area contributed by atoms with Crippen LogP contribution in [0.3, 0.4) is 0 Å². The fraction of sp³-hybridized carbons (Fsp3) is 0.364. The monoisotopic (exact) mass is 210 g/mol. The SMILES string of the molecule is CCOc1ccccc1C(=O)OCCO. The van der Waals surface area contributed by atoms with E-state index in [1.165, 1.54) is 0 Å². The highest BCUT2D eigenvalue weighted by Gasteiger charge is 2.12. The van der Waals surface area contributed by atoms with Gasteiger partial charge in [0.2, 0.25) is 0 Å². The Morgan fingerprint density at radius 3 is 2.80 bits per heavy atom. The number of hydrogen-bond donors (Lipinski definition) is 1. The van der Waals surface area contributed by atoms with Gasteiger partial charge in [-0.05, 0) is 19.1 Å². The number of esters is 1. The third kappa shape index (κ3) is 3.25. The summed E-state index contributed by atoms with van der Waals surface area (Å²) < 4.78 is 10.1. The maximum absolute atomic E-state index is 11.5. The molecule has 0 heterocycles. The number of rotatable bonds is 5. The number of aliphatic hydroxyl groups excluding tert-OH is 1. The van der Waals surface area contributed by atoms with E-state index in [0.29, 0.717) is 17.9 Å². The van der Waals surface area contributed by atoms with Crippen molar-refractivity contribution in [2.24, 2.45) is 0 Å². The van der Waals surface area contributed by atoms with Crippen molar-refractivity contribution in [1.82, 2.24) is 0 Å². The fourth-order valence-electron chi connectivity index (χ4n) is 1.13. The first-order valence-corrected chi connectivity index (χ1v) is 4.79. The highest BCUT2D eigenvalue weighted by atomic mass is 16.5. The second-order valence-corrected chi connectivity index (χ2v) is 2.79. The van der Waals surface area contributed by atoms with E-state index in [4.69, 9.17) is 14.6 Å². The Bertz CT molecular complexity index is 322. The largest absolute Gasteiger partial charge is 0.493 e. The minimum Gasteiger partial charge on any atom is -0.493 e. The van der Waals surface area contributed by atoms with Crippen molar-refractivity contribution in [3.8, 4) is 5.75 Å². The van der Waals surface area contributed by atoms with Gasteiger partial charge in [-0.15, -0.1) is 0 Å². The highest BCUT2D eigenvalue weighted by molar-refractivity contribution is 5.92. The first-order chi connectivity index (χ1) is 7.29. The van der Waals surface area contributed by atoms with Crippen molar-refractivity contribution in [3.63, 3.8) is 0 Å². The Kier molecular flexibility index (Phi) is 4.63. The second-order valence-electron chi connectivity index (χ2n) is 2.79. The highest BCUT2D eigenvalue weighted by Crippen LogP contribution is 2.18. The number of carbonyl (C=O) groups excluding carboxylic acids is 1. The molecule has 4 nitrogen and oxygen atoms in total. The molecule has 0 aromatic heterocycles. The van der Waals surface area contributed by atoms with Gasteiger partial charge in [0.05, 0.1) is 13.2 Å². The molecule has 15 heavy (non-hydrogen) atoms. The first-order valence-electron chi connectivity index (χ1n) is 4.79. The van der Waals surface area contributed by atoms with Gasteiger partial charge in [-0.25, -0.2) is 4.79 Å². The predicted molar refractivity (Wildman–Crippen MR) is 55.0 cm³/mol. The van der Waals surface area contributed by atoms with Gasteiger partial charge in [-0.2, -0.15) is 0 Å². The number of aliphatic hydroxyl groups is 1. The van der Waals surface area contributed by atoms with Gasteiger partial charge in [-0.1, -0.05) is 12.1 Å². The van der Waals surface area contributed by atoms with Crippen molar-refractivity contribution in [2.45, 2.75) is 6.92 Å². The molecule has 0 atom stereocenters. The molecule has 0 amide bonds. The van der Waals surface area contributed by atoms with E-state index in [1.807, 2.05) is 6.92 Å². The molecule has 4 heteroatoms. The van der Waals surface area contributed by atoms with Crippen molar-refractivity contribution < 1.29 is 19.4 Å². The summed E-state index contributed by atoms with van der Waals surface area (Å²) in [5, 5.41) is 8.53. The molecule has 0 aliphatic carbocycles. The van der Waals surface area contributed by atoms with Crippen LogP contribution in [0.25, 0.3) is 0 Å². The number of ether oxygens (including phenoxy) is 2. The summed E-state index contributed by atoms with van der Waals surface area (Å²) in [5.41, 5.74) is 0.382. The lowest BCUT2D eigenvalue weighted by Gasteiger charge is -2.08. The van der Waals surface area contributed by atoms with Crippen LogP contribution in [0.2, 0.25) is 0 Å². The molecule has 0 unspecified atom stereocenters. The van der Waals surface area contributed by atoms with Crippen molar-refractivity contribution in [3.05, 3.63) is 29.8 Å². The van der Waals surface area contributed by atoms with Crippen LogP contribution in [0.1, 0.15) is 17.3 Å². The molecular weight excluding hydrogens is 196 g/mol. The molecule has 1 aromatic rings. The number of benzene rings is 1. The molecule has 0 bridgehead atoms. The van der Waals surface area contributed by atoms with Gasteiger partial charge in [0.15, 0.2) is 0 Å². The van der Waals surface area contributed by atoms with Crippen LogP contribution in [-0.2, 0) is 4.74 Å². The topological polar surface area (TPSA) is 55.8 Å². The molecule has 0 radical (unpaired) electrons. The summed E-state index contributed by atoms with van der Waals surface area (Å²) in [4.78, 5) is 11.5. The second kappa shape index (κ2) is 6.03. The Morgan fingerprint density at radius 1 is 1.40 bits per heavy atom. The summed E-state index contributed by atoms with van der Waals surface area (Å²) in [5.74, 6) is 0.0241.